The van der Waals surface area contributed by atoms with E-state index in [1.807, 2.05) is 0 Å². The Morgan fingerprint density at radius 3 is 2.67 bits per heavy atom. The highest BCUT2D eigenvalue weighted by Crippen LogP contribution is 2.15. The van der Waals surface area contributed by atoms with Crippen LogP contribution in [0.1, 0.15) is 6.42 Å². The van der Waals surface area contributed by atoms with Crippen molar-refractivity contribution in [2.45, 2.75) is 10.3 Å². The lowest BCUT2D eigenvalue weighted by Gasteiger charge is -2.10. The summed E-state index contributed by atoms with van der Waals surface area (Å²) in [6.45, 7) is 1.67. The normalized spacial score (nSPS) is 26.8. The Kier molecular flexibility index (Phi) is 2.15. The predicted molar refractivity (Wildman–Crippen MR) is 43.6 cm³/mol. The third-order valence-corrected chi connectivity index (χ3v) is 2.46. The minimum Gasteiger partial charge on any atom is -0.351 e. The first-order valence-electron chi connectivity index (χ1n) is 2.88. The maximum atomic E-state index is 10.5. The van der Waals surface area contributed by atoms with Crippen molar-refractivity contribution in [1.29, 1.82) is 0 Å². The van der Waals surface area contributed by atoms with Gasteiger partial charge in [-0.05, 0) is 6.42 Å². The lowest BCUT2D eigenvalue weighted by atomic mass is 10.4. The van der Waals surface area contributed by atoms with Crippen molar-refractivity contribution in [3.8, 4) is 0 Å². The molecule has 3 nitrogen and oxygen atoms in total. The number of carbonyl (C=O) groups is 1. The molecule has 1 fully saturated rings. The standard InChI is InChI=1S/C5H9IN2O/c6-4-1-2-8(3-4)5(7)9/h4H,1-3H2,(H2,7,9). The van der Waals surface area contributed by atoms with Crippen LogP contribution in [0.2, 0.25) is 0 Å². The van der Waals surface area contributed by atoms with Crippen molar-refractivity contribution in [2.75, 3.05) is 13.1 Å². The highest BCUT2D eigenvalue weighted by molar-refractivity contribution is 14.1. The summed E-state index contributed by atoms with van der Waals surface area (Å²) >= 11 is 2.33. The Balaban J connectivity index is 2.39. The van der Waals surface area contributed by atoms with E-state index in [-0.39, 0.29) is 6.03 Å². The Morgan fingerprint density at radius 1 is 1.78 bits per heavy atom. The molecule has 1 atom stereocenters. The van der Waals surface area contributed by atoms with Gasteiger partial charge in [-0.2, -0.15) is 0 Å². The van der Waals surface area contributed by atoms with Crippen LogP contribution in [0.25, 0.3) is 0 Å². The van der Waals surface area contributed by atoms with Gasteiger partial charge in [-0.3, -0.25) is 0 Å². The fourth-order valence-electron chi connectivity index (χ4n) is 0.918. The van der Waals surface area contributed by atoms with Gasteiger partial charge in [0.2, 0.25) is 0 Å². The van der Waals surface area contributed by atoms with Gasteiger partial charge < -0.3 is 10.6 Å². The third kappa shape index (κ3) is 1.70. The van der Waals surface area contributed by atoms with Gasteiger partial charge in [0.25, 0.3) is 0 Å². The molecule has 4 heteroatoms. The monoisotopic (exact) mass is 240 g/mol. The van der Waals surface area contributed by atoms with E-state index in [1.54, 1.807) is 4.90 Å². The van der Waals surface area contributed by atoms with Crippen molar-refractivity contribution in [2.24, 2.45) is 5.73 Å². The molecule has 1 aliphatic rings. The van der Waals surface area contributed by atoms with Gasteiger partial charge in [0, 0.05) is 17.0 Å². The van der Waals surface area contributed by atoms with Crippen LogP contribution in [0.15, 0.2) is 0 Å². The van der Waals surface area contributed by atoms with Gasteiger partial charge in [-0.15, -0.1) is 0 Å². The number of amides is 2. The molecule has 0 bridgehead atoms. The molecule has 0 saturated carbocycles. The van der Waals surface area contributed by atoms with E-state index in [2.05, 4.69) is 22.6 Å². The van der Waals surface area contributed by atoms with Gasteiger partial charge in [-0.25, -0.2) is 4.79 Å². The molecular weight excluding hydrogens is 231 g/mol. The molecule has 52 valence electrons. The summed E-state index contributed by atoms with van der Waals surface area (Å²) in [4.78, 5) is 12.2. The first kappa shape index (κ1) is 7.11. The van der Waals surface area contributed by atoms with Crippen LogP contribution in [0.4, 0.5) is 4.79 Å². The van der Waals surface area contributed by atoms with Crippen molar-refractivity contribution >= 4 is 28.6 Å². The van der Waals surface area contributed by atoms with Gasteiger partial charge in [0.1, 0.15) is 0 Å². The van der Waals surface area contributed by atoms with Crippen LogP contribution in [-0.2, 0) is 0 Å². The average molecular weight is 240 g/mol. The minimum atomic E-state index is -0.283. The topological polar surface area (TPSA) is 46.3 Å². The van der Waals surface area contributed by atoms with Crippen LogP contribution in [0.5, 0.6) is 0 Å². The number of alkyl halides is 1. The molecule has 0 radical (unpaired) electrons. The predicted octanol–water partition coefficient (Wildman–Crippen LogP) is 0.574. The number of halogens is 1. The molecule has 1 saturated heterocycles. The maximum Gasteiger partial charge on any atom is 0.314 e. The summed E-state index contributed by atoms with van der Waals surface area (Å²) in [6, 6.07) is -0.283. The average Bonchev–Trinajstić information content (AvgIpc) is 2.14. The molecule has 0 aromatic heterocycles. The molecule has 0 aliphatic carbocycles. The Morgan fingerprint density at radius 2 is 2.44 bits per heavy atom. The Hall–Kier alpha value is 0. The molecule has 1 rings (SSSR count). The molecule has 0 aromatic rings. The molecule has 9 heavy (non-hydrogen) atoms. The van der Waals surface area contributed by atoms with Crippen molar-refractivity contribution in [3.63, 3.8) is 0 Å². The summed E-state index contributed by atoms with van der Waals surface area (Å²) in [5.41, 5.74) is 5.04. The van der Waals surface area contributed by atoms with E-state index < -0.39 is 0 Å². The second-order valence-corrected chi connectivity index (χ2v) is 3.93. The van der Waals surface area contributed by atoms with Crippen molar-refractivity contribution in [1.82, 2.24) is 4.90 Å². The van der Waals surface area contributed by atoms with Crippen LogP contribution in [0.3, 0.4) is 0 Å². The second-order valence-electron chi connectivity index (χ2n) is 2.17. The van der Waals surface area contributed by atoms with Crippen LogP contribution in [-0.4, -0.2) is 27.9 Å². The number of urea groups is 1. The van der Waals surface area contributed by atoms with Gasteiger partial charge in [0.05, 0.1) is 0 Å². The summed E-state index contributed by atoms with van der Waals surface area (Å²) < 4.78 is 0.607. The van der Waals surface area contributed by atoms with Crippen LogP contribution in [0, 0.1) is 0 Å². The van der Waals surface area contributed by atoms with E-state index >= 15 is 0 Å². The van der Waals surface area contributed by atoms with E-state index in [4.69, 9.17) is 5.73 Å². The maximum absolute atomic E-state index is 10.5. The molecule has 0 aromatic carbocycles. The quantitative estimate of drug-likeness (QED) is 0.488. The number of hydrogen-bond acceptors (Lipinski definition) is 1. The molecule has 1 heterocycles. The molecule has 1 aliphatic heterocycles. The van der Waals surface area contributed by atoms with Gasteiger partial charge in [0.15, 0.2) is 0 Å². The number of primary amides is 1. The van der Waals surface area contributed by atoms with E-state index in [1.165, 1.54) is 0 Å². The van der Waals surface area contributed by atoms with E-state index in [0.29, 0.717) is 3.92 Å². The largest absolute Gasteiger partial charge is 0.351 e. The smallest absolute Gasteiger partial charge is 0.314 e. The summed E-state index contributed by atoms with van der Waals surface area (Å²) in [5.74, 6) is 0. The second kappa shape index (κ2) is 2.72. The number of likely N-dealkylation sites (tertiary alicyclic amines) is 1. The zero-order chi connectivity index (χ0) is 6.85. The number of rotatable bonds is 0. The fraction of sp³-hybridized carbons (Fsp3) is 0.800. The first-order chi connectivity index (χ1) is 4.20. The fourth-order valence-corrected chi connectivity index (χ4v) is 1.67. The Bertz CT molecular complexity index is 128. The first-order valence-corrected chi connectivity index (χ1v) is 4.13. The van der Waals surface area contributed by atoms with E-state index in [0.717, 1.165) is 19.5 Å². The highest BCUT2D eigenvalue weighted by atomic mass is 127. The summed E-state index contributed by atoms with van der Waals surface area (Å²) in [6.07, 6.45) is 1.09. The Labute approximate surface area is 67.7 Å². The van der Waals surface area contributed by atoms with Gasteiger partial charge in [-0.1, -0.05) is 22.6 Å². The lowest BCUT2D eigenvalue weighted by molar-refractivity contribution is 0.219. The number of hydrogen-bond donors (Lipinski definition) is 1. The van der Waals surface area contributed by atoms with Crippen molar-refractivity contribution < 1.29 is 4.79 Å². The van der Waals surface area contributed by atoms with Gasteiger partial charge >= 0.3 is 6.03 Å². The molecular formula is C5H9IN2O. The third-order valence-electron chi connectivity index (χ3n) is 1.44. The number of carbonyl (C=O) groups excluding carboxylic acids is 1. The highest BCUT2D eigenvalue weighted by Gasteiger charge is 2.21. The van der Waals surface area contributed by atoms with Crippen LogP contribution < -0.4 is 5.73 Å². The number of nitrogens with zero attached hydrogens (tertiary/aromatic N) is 1. The van der Waals surface area contributed by atoms with Crippen molar-refractivity contribution in [3.05, 3.63) is 0 Å². The molecule has 2 N–H and O–H groups in total. The van der Waals surface area contributed by atoms with E-state index in [9.17, 15) is 4.79 Å². The number of nitrogens with two attached hydrogens (primary N) is 1. The molecule has 2 amide bonds. The SMILES string of the molecule is NC(=O)N1CCC(I)C1. The zero-order valence-corrected chi connectivity index (χ0v) is 7.17. The minimum absolute atomic E-state index is 0.283. The van der Waals surface area contributed by atoms with Crippen LogP contribution >= 0.6 is 22.6 Å². The lowest BCUT2D eigenvalue weighted by Crippen LogP contribution is -2.33. The zero-order valence-electron chi connectivity index (χ0n) is 5.01. The molecule has 1 unspecified atom stereocenters. The summed E-state index contributed by atoms with van der Waals surface area (Å²) in [7, 11) is 0. The summed E-state index contributed by atoms with van der Waals surface area (Å²) in [5, 5.41) is 0. The molecule has 0 spiro atoms.